The van der Waals surface area contributed by atoms with Crippen LogP contribution in [0.1, 0.15) is 18.4 Å². The van der Waals surface area contributed by atoms with E-state index >= 15 is 0 Å². The highest BCUT2D eigenvalue weighted by Gasteiger charge is 2.10. The van der Waals surface area contributed by atoms with Crippen LogP contribution in [0.2, 0.25) is 5.02 Å². The molecule has 0 heterocycles. The fourth-order valence-electron chi connectivity index (χ4n) is 1.52. The fraction of sp³-hybridized carbons (Fsp3) is 0.417. The lowest BCUT2D eigenvalue weighted by atomic mass is 10.2. The van der Waals surface area contributed by atoms with Gasteiger partial charge in [-0.3, -0.25) is 4.79 Å². The average molecular weight is 260 g/mol. The van der Waals surface area contributed by atoms with Crippen LogP contribution in [0.4, 0.5) is 10.1 Å². The Bertz CT molecular complexity index is 423. The fourth-order valence-corrected chi connectivity index (χ4v) is 1.88. The monoisotopic (exact) mass is 259 g/mol. The predicted molar refractivity (Wildman–Crippen MR) is 66.3 cm³/mol. The van der Waals surface area contributed by atoms with E-state index in [2.05, 4.69) is 0 Å². The first-order valence-corrected chi connectivity index (χ1v) is 5.68. The molecule has 1 N–H and O–H groups in total. The molecule has 0 unspecified atom stereocenters. The van der Waals surface area contributed by atoms with Crippen LogP contribution >= 0.6 is 11.6 Å². The highest BCUT2D eigenvalue weighted by atomic mass is 35.5. The number of carbonyl (C=O) groups is 1. The summed E-state index contributed by atoms with van der Waals surface area (Å²) in [5.74, 6) is -1.14. The average Bonchev–Trinajstić information content (AvgIpc) is 2.22. The normalized spacial score (nSPS) is 10.4. The molecule has 0 spiro atoms. The Kier molecular flexibility index (Phi) is 4.75. The Hall–Kier alpha value is -1.29. The van der Waals surface area contributed by atoms with Crippen molar-refractivity contribution in [2.45, 2.75) is 19.8 Å². The molecule has 0 aliphatic carbocycles. The van der Waals surface area contributed by atoms with E-state index in [1.54, 1.807) is 24.9 Å². The van der Waals surface area contributed by atoms with Crippen LogP contribution in [0, 0.1) is 12.7 Å². The zero-order valence-electron chi connectivity index (χ0n) is 9.83. The summed E-state index contributed by atoms with van der Waals surface area (Å²) >= 11 is 6.01. The van der Waals surface area contributed by atoms with Crippen molar-refractivity contribution in [1.29, 1.82) is 0 Å². The SMILES string of the molecule is Cc1cc(Cl)c(N(C)CCCC(=O)O)cc1F. The Labute approximate surface area is 105 Å². The maximum absolute atomic E-state index is 13.4. The van der Waals surface area contributed by atoms with E-state index < -0.39 is 5.97 Å². The second-order valence-electron chi connectivity index (χ2n) is 3.97. The molecule has 0 saturated carbocycles. The van der Waals surface area contributed by atoms with Gasteiger partial charge in [0.05, 0.1) is 10.7 Å². The number of hydrogen-bond donors (Lipinski definition) is 1. The molecule has 94 valence electrons. The molecule has 1 rings (SSSR count). The van der Waals surface area contributed by atoms with Crippen molar-refractivity contribution in [3.63, 3.8) is 0 Å². The number of hydrogen-bond acceptors (Lipinski definition) is 2. The molecule has 5 heteroatoms. The smallest absolute Gasteiger partial charge is 0.303 e. The van der Waals surface area contributed by atoms with Gasteiger partial charge in [-0.15, -0.1) is 0 Å². The van der Waals surface area contributed by atoms with Gasteiger partial charge < -0.3 is 10.0 Å². The van der Waals surface area contributed by atoms with Gasteiger partial charge in [-0.2, -0.15) is 0 Å². The maximum atomic E-state index is 13.4. The summed E-state index contributed by atoms with van der Waals surface area (Å²) in [6.07, 6.45) is 0.591. The van der Waals surface area contributed by atoms with E-state index in [1.165, 1.54) is 6.07 Å². The van der Waals surface area contributed by atoms with Gasteiger partial charge in [0.1, 0.15) is 5.82 Å². The molecule has 0 saturated heterocycles. The third-order valence-corrected chi connectivity index (χ3v) is 2.83. The second-order valence-corrected chi connectivity index (χ2v) is 4.38. The molecule has 0 aromatic heterocycles. The van der Waals surface area contributed by atoms with E-state index in [-0.39, 0.29) is 12.2 Å². The first-order chi connectivity index (χ1) is 7.91. The molecule has 0 aliphatic heterocycles. The number of anilines is 1. The van der Waals surface area contributed by atoms with Gasteiger partial charge in [0, 0.05) is 20.0 Å². The lowest BCUT2D eigenvalue weighted by Crippen LogP contribution is -2.20. The van der Waals surface area contributed by atoms with Crippen molar-refractivity contribution in [3.05, 3.63) is 28.5 Å². The zero-order chi connectivity index (χ0) is 13.0. The molecule has 0 fully saturated rings. The molecule has 0 aliphatic rings. The number of rotatable bonds is 5. The Balaban J connectivity index is 2.71. The molecular formula is C12H15ClFNO2. The van der Waals surface area contributed by atoms with Crippen LogP contribution in [0.25, 0.3) is 0 Å². The van der Waals surface area contributed by atoms with Crippen molar-refractivity contribution < 1.29 is 14.3 Å². The summed E-state index contributed by atoms with van der Waals surface area (Å²) in [5, 5.41) is 9.00. The summed E-state index contributed by atoms with van der Waals surface area (Å²) in [7, 11) is 1.76. The first-order valence-electron chi connectivity index (χ1n) is 5.30. The Morgan fingerprint density at radius 1 is 1.53 bits per heavy atom. The van der Waals surface area contributed by atoms with Gasteiger partial charge in [-0.1, -0.05) is 11.6 Å². The third-order valence-electron chi connectivity index (χ3n) is 2.52. The van der Waals surface area contributed by atoms with E-state index in [4.69, 9.17) is 16.7 Å². The number of carboxylic acids is 1. The molecule has 1 aromatic carbocycles. The Morgan fingerprint density at radius 3 is 2.76 bits per heavy atom. The van der Waals surface area contributed by atoms with Crippen LogP contribution in [0.5, 0.6) is 0 Å². The second kappa shape index (κ2) is 5.87. The predicted octanol–water partition coefficient (Wildman–Crippen LogP) is 3.09. The van der Waals surface area contributed by atoms with Gasteiger partial charge in [0.15, 0.2) is 0 Å². The minimum atomic E-state index is -0.834. The van der Waals surface area contributed by atoms with Crippen LogP contribution in [-0.4, -0.2) is 24.7 Å². The molecule has 1 aromatic rings. The number of benzene rings is 1. The van der Waals surface area contributed by atoms with Gasteiger partial charge in [0.25, 0.3) is 0 Å². The minimum absolute atomic E-state index is 0.0936. The first kappa shape index (κ1) is 13.8. The molecule has 3 nitrogen and oxygen atoms in total. The highest BCUT2D eigenvalue weighted by Crippen LogP contribution is 2.28. The minimum Gasteiger partial charge on any atom is -0.481 e. The molecule has 0 bridgehead atoms. The summed E-state index contributed by atoms with van der Waals surface area (Å²) in [4.78, 5) is 12.1. The summed E-state index contributed by atoms with van der Waals surface area (Å²) in [6.45, 7) is 2.17. The van der Waals surface area contributed by atoms with Crippen LogP contribution in [0.15, 0.2) is 12.1 Å². The van der Waals surface area contributed by atoms with Gasteiger partial charge in [-0.25, -0.2) is 4.39 Å². The number of carboxylic acid groups (broad SMARTS) is 1. The summed E-state index contributed by atoms with van der Waals surface area (Å²) in [6, 6.07) is 2.94. The largest absolute Gasteiger partial charge is 0.481 e. The van der Waals surface area contributed by atoms with Gasteiger partial charge >= 0.3 is 5.97 Å². The third kappa shape index (κ3) is 3.89. The number of aryl methyl sites for hydroxylation is 1. The lowest BCUT2D eigenvalue weighted by Gasteiger charge is -2.20. The standard InChI is InChI=1S/C12H15ClFNO2/c1-8-6-9(13)11(7-10(8)14)15(2)5-3-4-12(16)17/h6-7H,3-5H2,1-2H3,(H,16,17). The summed E-state index contributed by atoms with van der Waals surface area (Å²) < 4.78 is 13.4. The van der Waals surface area contributed by atoms with Gasteiger partial charge in [-0.05, 0) is 31.0 Å². The van der Waals surface area contributed by atoms with Gasteiger partial charge in [0.2, 0.25) is 0 Å². The zero-order valence-corrected chi connectivity index (χ0v) is 10.6. The molecule has 0 amide bonds. The van der Waals surface area contributed by atoms with E-state index in [1.807, 2.05) is 0 Å². The van der Waals surface area contributed by atoms with Crippen molar-refractivity contribution in [3.8, 4) is 0 Å². The summed E-state index contributed by atoms with van der Waals surface area (Å²) in [5.41, 5.74) is 1.08. The van der Waals surface area contributed by atoms with Crippen LogP contribution in [0.3, 0.4) is 0 Å². The number of aliphatic carboxylic acids is 1. The van der Waals surface area contributed by atoms with Crippen LogP contribution in [-0.2, 0) is 4.79 Å². The quantitative estimate of drug-likeness (QED) is 0.883. The number of halogens is 2. The van der Waals surface area contributed by atoms with Crippen molar-refractivity contribution >= 4 is 23.3 Å². The van der Waals surface area contributed by atoms with E-state index in [9.17, 15) is 9.18 Å². The maximum Gasteiger partial charge on any atom is 0.303 e. The van der Waals surface area contributed by atoms with Crippen molar-refractivity contribution in [1.82, 2.24) is 0 Å². The van der Waals surface area contributed by atoms with E-state index in [0.29, 0.717) is 29.2 Å². The highest BCUT2D eigenvalue weighted by molar-refractivity contribution is 6.33. The lowest BCUT2D eigenvalue weighted by molar-refractivity contribution is -0.137. The van der Waals surface area contributed by atoms with Crippen molar-refractivity contribution in [2.24, 2.45) is 0 Å². The molecular weight excluding hydrogens is 245 g/mol. The van der Waals surface area contributed by atoms with Crippen LogP contribution < -0.4 is 4.90 Å². The molecule has 0 atom stereocenters. The molecule has 0 radical (unpaired) electrons. The molecule has 17 heavy (non-hydrogen) atoms. The van der Waals surface area contributed by atoms with E-state index in [0.717, 1.165) is 0 Å². The van der Waals surface area contributed by atoms with Crippen molar-refractivity contribution in [2.75, 3.05) is 18.5 Å². The number of nitrogens with zero attached hydrogens (tertiary/aromatic N) is 1. The topological polar surface area (TPSA) is 40.5 Å². The Morgan fingerprint density at radius 2 is 2.18 bits per heavy atom.